The van der Waals surface area contributed by atoms with Crippen molar-refractivity contribution >= 4 is 0 Å². The molecular formula is C12H27N. The third-order valence-corrected chi connectivity index (χ3v) is 2.83. The van der Waals surface area contributed by atoms with Crippen molar-refractivity contribution in [2.75, 3.05) is 13.1 Å². The summed E-state index contributed by atoms with van der Waals surface area (Å²) in [5.74, 6) is 0.901. The zero-order valence-electron chi connectivity index (χ0n) is 10.1. The van der Waals surface area contributed by atoms with E-state index < -0.39 is 0 Å². The van der Waals surface area contributed by atoms with E-state index in [0.717, 1.165) is 5.92 Å². The van der Waals surface area contributed by atoms with Gasteiger partial charge in [0.05, 0.1) is 0 Å². The van der Waals surface area contributed by atoms with Crippen LogP contribution in [0.5, 0.6) is 0 Å². The highest BCUT2D eigenvalue weighted by molar-refractivity contribution is 4.63. The normalized spacial score (nSPS) is 14.1. The Kier molecular flexibility index (Phi) is 7.35. The minimum absolute atomic E-state index is 0.707. The van der Waals surface area contributed by atoms with Gasteiger partial charge in [0.2, 0.25) is 0 Å². The van der Waals surface area contributed by atoms with Crippen LogP contribution in [-0.2, 0) is 0 Å². The molecule has 0 radical (unpaired) electrons. The van der Waals surface area contributed by atoms with Crippen LogP contribution in [0.3, 0.4) is 0 Å². The maximum Gasteiger partial charge on any atom is 0.00384 e. The molecule has 0 aromatic carbocycles. The van der Waals surface area contributed by atoms with Crippen molar-refractivity contribution in [3.63, 3.8) is 0 Å². The SMILES string of the molecule is CCCC(C)CCN(CC)C(C)C. The van der Waals surface area contributed by atoms with Crippen LogP contribution >= 0.6 is 0 Å². The van der Waals surface area contributed by atoms with Gasteiger partial charge in [0.25, 0.3) is 0 Å². The highest BCUT2D eigenvalue weighted by atomic mass is 15.1. The Hall–Kier alpha value is -0.0400. The van der Waals surface area contributed by atoms with Crippen LogP contribution in [0.25, 0.3) is 0 Å². The molecule has 0 fully saturated rings. The van der Waals surface area contributed by atoms with Gasteiger partial charge in [-0.3, -0.25) is 0 Å². The molecule has 0 aliphatic carbocycles. The van der Waals surface area contributed by atoms with Crippen molar-refractivity contribution in [1.29, 1.82) is 0 Å². The lowest BCUT2D eigenvalue weighted by atomic mass is 10.0. The molecule has 1 atom stereocenters. The first-order chi connectivity index (χ1) is 6.11. The molecule has 13 heavy (non-hydrogen) atoms. The Morgan fingerprint density at radius 1 is 1.00 bits per heavy atom. The second-order valence-corrected chi connectivity index (χ2v) is 4.40. The van der Waals surface area contributed by atoms with Crippen molar-refractivity contribution in [3.8, 4) is 0 Å². The van der Waals surface area contributed by atoms with E-state index in [1.165, 1.54) is 32.4 Å². The molecule has 1 unspecified atom stereocenters. The zero-order chi connectivity index (χ0) is 10.3. The van der Waals surface area contributed by atoms with Crippen LogP contribution in [0.1, 0.15) is 53.9 Å². The maximum absolute atomic E-state index is 2.55. The summed E-state index contributed by atoms with van der Waals surface area (Å²) in [6.45, 7) is 13.9. The lowest BCUT2D eigenvalue weighted by Crippen LogP contribution is -2.32. The average molecular weight is 185 g/mol. The van der Waals surface area contributed by atoms with Crippen molar-refractivity contribution in [2.24, 2.45) is 5.92 Å². The van der Waals surface area contributed by atoms with Crippen molar-refractivity contribution in [3.05, 3.63) is 0 Å². The third-order valence-electron chi connectivity index (χ3n) is 2.83. The summed E-state index contributed by atoms with van der Waals surface area (Å²) >= 11 is 0. The highest BCUT2D eigenvalue weighted by Gasteiger charge is 2.08. The van der Waals surface area contributed by atoms with Gasteiger partial charge in [0.15, 0.2) is 0 Å². The van der Waals surface area contributed by atoms with E-state index in [-0.39, 0.29) is 0 Å². The number of hydrogen-bond donors (Lipinski definition) is 0. The van der Waals surface area contributed by atoms with Gasteiger partial charge >= 0.3 is 0 Å². The van der Waals surface area contributed by atoms with Gasteiger partial charge in [-0.1, -0.05) is 33.6 Å². The standard InChI is InChI=1S/C12H27N/c1-6-8-12(5)9-10-13(7-2)11(3)4/h11-12H,6-10H2,1-5H3. The van der Waals surface area contributed by atoms with Gasteiger partial charge in [-0.2, -0.15) is 0 Å². The Bertz CT molecular complexity index is 110. The monoisotopic (exact) mass is 185 g/mol. The first kappa shape index (κ1) is 13.0. The highest BCUT2D eigenvalue weighted by Crippen LogP contribution is 2.11. The fourth-order valence-corrected chi connectivity index (χ4v) is 1.80. The van der Waals surface area contributed by atoms with Crippen molar-refractivity contribution < 1.29 is 0 Å². The molecule has 1 nitrogen and oxygen atoms in total. The number of rotatable bonds is 7. The van der Waals surface area contributed by atoms with Crippen LogP contribution in [0.4, 0.5) is 0 Å². The quantitative estimate of drug-likeness (QED) is 0.586. The maximum atomic E-state index is 2.55. The van der Waals surface area contributed by atoms with Gasteiger partial charge in [0, 0.05) is 6.04 Å². The van der Waals surface area contributed by atoms with E-state index >= 15 is 0 Å². The van der Waals surface area contributed by atoms with Gasteiger partial charge in [-0.15, -0.1) is 0 Å². The van der Waals surface area contributed by atoms with E-state index in [0.29, 0.717) is 6.04 Å². The lowest BCUT2D eigenvalue weighted by molar-refractivity contribution is 0.216. The number of nitrogens with zero attached hydrogens (tertiary/aromatic N) is 1. The summed E-state index contributed by atoms with van der Waals surface area (Å²) < 4.78 is 0. The van der Waals surface area contributed by atoms with Gasteiger partial charge in [0.1, 0.15) is 0 Å². The second kappa shape index (κ2) is 7.37. The summed E-state index contributed by atoms with van der Waals surface area (Å²) in [7, 11) is 0. The predicted molar refractivity (Wildman–Crippen MR) is 61.1 cm³/mol. The molecule has 0 saturated heterocycles. The predicted octanol–water partition coefficient (Wildman–Crippen LogP) is 3.54. The largest absolute Gasteiger partial charge is 0.301 e. The minimum atomic E-state index is 0.707. The fraction of sp³-hybridized carbons (Fsp3) is 1.00. The van der Waals surface area contributed by atoms with Gasteiger partial charge < -0.3 is 4.90 Å². The van der Waals surface area contributed by atoms with Crippen LogP contribution in [0.15, 0.2) is 0 Å². The third kappa shape index (κ3) is 6.09. The lowest BCUT2D eigenvalue weighted by Gasteiger charge is -2.26. The Morgan fingerprint density at radius 3 is 2.00 bits per heavy atom. The average Bonchev–Trinajstić information content (AvgIpc) is 2.05. The summed E-state index contributed by atoms with van der Waals surface area (Å²) in [5.41, 5.74) is 0. The molecular weight excluding hydrogens is 158 g/mol. The van der Waals surface area contributed by atoms with Crippen LogP contribution in [-0.4, -0.2) is 24.0 Å². The molecule has 0 saturated carbocycles. The Labute approximate surface area is 84.5 Å². The second-order valence-electron chi connectivity index (χ2n) is 4.40. The molecule has 0 rings (SSSR count). The van der Waals surface area contributed by atoms with Gasteiger partial charge in [-0.05, 0) is 39.3 Å². The summed E-state index contributed by atoms with van der Waals surface area (Å²) in [6, 6.07) is 0.707. The van der Waals surface area contributed by atoms with E-state index in [9.17, 15) is 0 Å². The molecule has 0 aromatic rings. The molecule has 0 N–H and O–H groups in total. The molecule has 1 heteroatoms. The van der Waals surface area contributed by atoms with Crippen LogP contribution in [0, 0.1) is 5.92 Å². The smallest absolute Gasteiger partial charge is 0.00384 e. The molecule has 0 aromatic heterocycles. The van der Waals surface area contributed by atoms with Crippen molar-refractivity contribution in [2.45, 2.75) is 59.9 Å². The van der Waals surface area contributed by atoms with Crippen molar-refractivity contribution in [1.82, 2.24) is 4.90 Å². The van der Waals surface area contributed by atoms with E-state index in [1.807, 2.05) is 0 Å². The Morgan fingerprint density at radius 2 is 1.62 bits per heavy atom. The first-order valence-corrected chi connectivity index (χ1v) is 5.85. The number of hydrogen-bond acceptors (Lipinski definition) is 1. The molecule has 0 aliphatic rings. The minimum Gasteiger partial charge on any atom is -0.301 e. The van der Waals surface area contributed by atoms with Gasteiger partial charge in [-0.25, -0.2) is 0 Å². The van der Waals surface area contributed by atoms with Crippen LogP contribution in [0.2, 0.25) is 0 Å². The summed E-state index contributed by atoms with van der Waals surface area (Å²) in [5, 5.41) is 0. The first-order valence-electron chi connectivity index (χ1n) is 5.85. The van der Waals surface area contributed by atoms with E-state index in [1.54, 1.807) is 0 Å². The summed E-state index contributed by atoms with van der Waals surface area (Å²) in [6.07, 6.45) is 4.07. The molecule has 0 bridgehead atoms. The van der Waals surface area contributed by atoms with E-state index in [4.69, 9.17) is 0 Å². The molecule has 0 spiro atoms. The molecule has 80 valence electrons. The molecule has 0 amide bonds. The Balaban J connectivity index is 3.59. The zero-order valence-corrected chi connectivity index (χ0v) is 10.1. The van der Waals surface area contributed by atoms with Crippen LogP contribution < -0.4 is 0 Å². The van der Waals surface area contributed by atoms with E-state index in [2.05, 4.69) is 39.5 Å². The summed E-state index contributed by atoms with van der Waals surface area (Å²) in [4.78, 5) is 2.55. The molecule has 0 heterocycles. The fourth-order valence-electron chi connectivity index (χ4n) is 1.80. The molecule has 0 aliphatic heterocycles. The topological polar surface area (TPSA) is 3.24 Å².